The first-order valence-corrected chi connectivity index (χ1v) is 5.98. The van der Waals surface area contributed by atoms with E-state index < -0.39 is 0 Å². The van der Waals surface area contributed by atoms with Crippen molar-refractivity contribution in [2.45, 2.75) is 59.0 Å². The molecule has 0 spiro atoms. The Morgan fingerprint density at radius 1 is 1.21 bits per heavy atom. The van der Waals surface area contributed by atoms with E-state index >= 15 is 0 Å². The molecule has 2 heteroatoms. The third-order valence-corrected chi connectivity index (χ3v) is 3.33. The summed E-state index contributed by atoms with van der Waals surface area (Å²) in [5.74, 6) is 0.631. The van der Waals surface area contributed by atoms with Gasteiger partial charge in [-0.3, -0.25) is 0 Å². The summed E-state index contributed by atoms with van der Waals surface area (Å²) < 4.78 is 0. The van der Waals surface area contributed by atoms with Gasteiger partial charge < -0.3 is 10.6 Å². The zero-order valence-electron chi connectivity index (χ0n) is 10.6. The lowest BCUT2D eigenvalue weighted by molar-refractivity contribution is 0.210. The van der Waals surface area contributed by atoms with E-state index in [1.54, 1.807) is 0 Å². The molecule has 0 saturated carbocycles. The topological polar surface area (TPSA) is 29.3 Å². The molecule has 0 fully saturated rings. The Bertz CT molecular complexity index is 136. The first-order valence-electron chi connectivity index (χ1n) is 5.98. The molecule has 0 aromatic carbocycles. The van der Waals surface area contributed by atoms with E-state index in [-0.39, 0.29) is 0 Å². The van der Waals surface area contributed by atoms with Crippen molar-refractivity contribution in [3.8, 4) is 0 Å². The predicted molar refractivity (Wildman–Crippen MR) is 64.4 cm³/mol. The Morgan fingerprint density at radius 2 is 1.79 bits per heavy atom. The highest BCUT2D eigenvalue weighted by Gasteiger charge is 2.15. The maximum Gasteiger partial charge on any atom is 0.0193 e. The summed E-state index contributed by atoms with van der Waals surface area (Å²) in [4.78, 5) is 2.39. The van der Waals surface area contributed by atoms with Crippen LogP contribution in [-0.2, 0) is 0 Å². The van der Waals surface area contributed by atoms with Gasteiger partial charge in [-0.05, 0) is 26.3 Å². The second-order valence-electron chi connectivity index (χ2n) is 4.63. The van der Waals surface area contributed by atoms with Crippen molar-refractivity contribution in [3.05, 3.63) is 0 Å². The molecule has 0 amide bonds. The Hall–Kier alpha value is -0.0800. The Labute approximate surface area is 89.9 Å². The summed E-state index contributed by atoms with van der Waals surface area (Å²) in [6.45, 7) is 9.99. The highest BCUT2D eigenvalue weighted by molar-refractivity contribution is 4.74. The highest BCUT2D eigenvalue weighted by Crippen LogP contribution is 2.09. The summed E-state index contributed by atoms with van der Waals surface area (Å²) in [7, 11) is 2.18. The van der Waals surface area contributed by atoms with Gasteiger partial charge in [-0.25, -0.2) is 0 Å². The van der Waals surface area contributed by atoms with Crippen molar-refractivity contribution in [2.24, 2.45) is 11.7 Å². The number of likely N-dealkylation sites (N-methyl/N-ethyl adjacent to an activating group) is 1. The maximum atomic E-state index is 6.12. The van der Waals surface area contributed by atoms with Crippen LogP contribution in [0.4, 0.5) is 0 Å². The fourth-order valence-electron chi connectivity index (χ4n) is 1.63. The smallest absolute Gasteiger partial charge is 0.0193 e. The molecule has 0 aliphatic heterocycles. The minimum absolute atomic E-state index is 0.323. The molecule has 0 radical (unpaired) electrons. The molecule has 0 rings (SSSR count). The Kier molecular flexibility index (Phi) is 7.20. The van der Waals surface area contributed by atoms with E-state index in [4.69, 9.17) is 5.73 Å². The van der Waals surface area contributed by atoms with Gasteiger partial charge in [0.25, 0.3) is 0 Å². The summed E-state index contributed by atoms with van der Waals surface area (Å²) in [5.41, 5.74) is 6.12. The molecule has 3 atom stereocenters. The Balaban J connectivity index is 3.85. The molecule has 2 nitrogen and oxygen atoms in total. The molecule has 3 unspecified atom stereocenters. The number of nitrogens with zero attached hydrogens (tertiary/aromatic N) is 1. The van der Waals surface area contributed by atoms with E-state index in [0.717, 1.165) is 6.54 Å². The molecule has 0 saturated heterocycles. The van der Waals surface area contributed by atoms with Gasteiger partial charge >= 0.3 is 0 Å². The van der Waals surface area contributed by atoms with Gasteiger partial charge in [-0.1, -0.05) is 33.6 Å². The van der Waals surface area contributed by atoms with Crippen LogP contribution in [0.25, 0.3) is 0 Å². The van der Waals surface area contributed by atoms with Crippen LogP contribution in [0.5, 0.6) is 0 Å². The van der Waals surface area contributed by atoms with Crippen LogP contribution < -0.4 is 5.73 Å². The summed E-state index contributed by atoms with van der Waals surface area (Å²) in [5, 5.41) is 0. The van der Waals surface area contributed by atoms with Crippen LogP contribution in [0.2, 0.25) is 0 Å². The van der Waals surface area contributed by atoms with Crippen LogP contribution >= 0.6 is 0 Å². The standard InChI is InChI=1S/C12H28N2/c1-6-8-11(4)14(5)9-12(13)10(3)7-2/h10-12H,6-9,13H2,1-5H3. The van der Waals surface area contributed by atoms with E-state index in [0.29, 0.717) is 18.0 Å². The van der Waals surface area contributed by atoms with Gasteiger partial charge in [0.2, 0.25) is 0 Å². The van der Waals surface area contributed by atoms with Crippen molar-refractivity contribution < 1.29 is 0 Å². The number of hydrogen-bond acceptors (Lipinski definition) is 2. The largest absolute Gasteiger partial charge is 0.326 e. The zero-order chi connectivity index (χ0) is 11.1. The molecular formula is C12H28N2. The predicted octanol–water partition coefficient (Wildman–Crippen LogP) is 2.48. The first-order chi connectivity index (χ1) is 6.52. The fourth-order valence-corrected chi connectivity index (χ4v) is 1.63. The first kappa shape index (κ1) is 13.9. The summed E-state index contributed by atoms with van der Waals surface area (Å²) in [6, 6.07) is 0.986. The van der Waals surface area contributed by atoms with Crippen LogP contribution in [0.3, 0.4) is 0 Å². The van der Waals surface area contributed by atoms with Crippen LogP contribution in [-0.4, -0.2) is 30.6 Å². The molecule has 0 aliphatic rings. The fraction of sp³-hybridized carbons (Fsp3) is 1.00. The van der Waals surface area contributed by atoms with Crippen molar-refractivity contribution >= 4 is 0 Å². The van der Waals surface area contributed by atoms with Crippen molar-refractivity contribution in [3.63, 3.8) is 0 Å². The number of rotatable bonds is 7. The minimum Gasteiger partial charge on any atom is -0.326 e. The van der Waals surface area contributed by atoms with Crippen LogP contribution in [0, 0.1) is 5.92 Å². The maximum absolute atomic E-state index is 6.12. The van der Waals surface area contributed by atoms with Gasteiger partial charge in [0.15, 0.2) is 0 Å². The molecule has 14 heavy (non-hydrogen) atoms. The van der Waals surface area contributed by atoms with Crippen molar-refractivity contribution in [1.29, 1.82) is 0 Å². The average Bonchev–Trinajstić information content (AvgIpc) is 2.16. The third-order valence-electron chi connectivity index (χ3n) is 3.33. The monoisotopic (exact) mass is 200 g/mol. The number of nitrogens with two attached hydrogens (primary N) is 1. The van der Waals surface area contributed by atoms with Crippen molar-refractivity contribution in [1.82, 2.24) is 4.90 Å². The normalized spacial score (nSPS) is 18.2. The van der Waals surface area contributed by atoms with Gasteiger partial charge in [0, 0.05) is 18.6 Å². The van der Waals surface area contributed by atoms with Crippen molar-refractivity contribution in [2.75, 3.05) is 13.6 Å². The molecule has 0 heterocycles. The lowest BCUT2D eigenvalue weighted by Gasteiger charge is -2.29. The van der Waals surface area contributed by atoms with E-state index in [1.165, 1.54) is 19.3 Å². The van der Waals surface area contributed by atoms with Crippen LogP contribution in [0.1, 0.15) is 47.0 Å². The van der Waals surface area contributed by atoms with Gasteiger partial charge in [0.05, 0.1) is 0 Å². The lowest BCUT2D eigenvalue weighted by Crippen LogP contribution is -2.43. The molecule has 0 aromatic rings. The van der Waals surface area contributed by atoms with E-state index in [1.807, 2.05) is 0 Å². The second kappa shape index (κ2) is 7.24. The Morgan fingerprint density at radius 3 is 2.21 bits per heavy atom. The SMILES string of the molecule is CCCC(C)N(C)CC(N)C(C)CC. The van der Waals surface area contributed by atoms with E-state index in [2.05, 4.69) is 39.6 Å². The summed E-state index contributed by atoms with van der Waals surface area (Å²) in [6.07, 6.45) is 3.70. The molecule has 0 aromatic heterocycles. The van der Waals surface area contributed by atoms with Gasteiger partial charge in [-0.2, -0.15) is 0 Å². The molecule has 0 aliphatic carbocycles. The summed E-state index contributed by atoms with van der Waals surface area (Å²) >= 11 is 0. The zero-order valence-corrected chi connectivity index (χ0v) is 10.6. The highest BCUT2D eigenvalue weighted by atomic mass is 15.1. The lowest BCUT2D eigenvalue weighted by atomic mass is 9.99. The van der Waals surface area contributed by atoms with Gasteiger partial charge in [0.1, 0.15) is 0 Å². The average molecular weight is 200 g/mol. The molecule has 2 N–H and O–H groups in total. The van der Waals surface area contributed by atoms with Crippen LogP contribution in [0.15, 0.2) is 0 Å². The molecular weight excluding hydrogens is 172 g/mol. The van der Waals surface area contributed by atoms with E-state index in [9.17, 15) is 0 Å². The van der Waals surface area contributed by atoms with Gasteiger partial charge in [-0.15, -0.1) is 0 Å². The second-order valence-corrected chi connectivity index (χ2v) is 4.63. The third kappa shape index (κ3) is 4.97. The minimum atomic E-state index is 0.323. The molecule has 86 valence electrons. The number of hydrogen-bond donors (Lipinski definition) is 1. The quantitative estimate of drug-likeness (QED) is 0.684. The molecule has 0 bridgehead atoms.